The zero-order valence-electron chi connectivity index (χ0n) is 11.6. The summed E-state index contributed by atoms with van der Waals surface area (Å²) >= 11 is 1.76. The summed E-state index contributed by atoms with van der Waals surface area (Å²) in [5, 5.41) is 5.18. The minimum absolute atomic E-state index is 0.149. The maximum atomic E-state index is 13.8. The van der Waals surface area contributed by atoms with Gasteiger partial charge in [0.1, 0.15) is 5.82 Å². The third-order valence-corrected chi connectivity index (χ3v) is 4.41. The first-order chi connectivity index (χ1) is 9.76. The molecule has 1 N–H and O–H groups in total. The van der Waals surface area contributed by atoms with E-state index >= 15 is 0 Å². The second-order valence-electron chi connectivity index (χ2n) is 5.29. The monoisotopic (exact) mass is 290 g/mol. The van der Waals surface area contributed by atoms with Crippen molar-refractivity contribution in [1.82, 2.24) is 5.32 Å². The molecule has 0 bridgehead atoms. The molecule has 20 heavy (non-hydrogen) atoms. The summed E-state index contributed by atoms with van der Waals surface area (Å²) in [5.74, 6) is -0.149. The fourth-order valence-corrected chi connectivity index (χ4v) is 3.20. The Hall–Kier alpha value is -1.39. The number of hydrogen-bond acceptors (Lipinski definition) is 3. The van der Waals surface area contributed by atoms with Gasteiger partial charge in [-0.25, -0.2) is 4.39 Å². The highest BCUT2D eigenvalue weighted by Crippen LogP contribution is 2.34. The molecule has 2 nitrogen and oxygen atoms in total. The third-order valence-electron chi connectivity index (χ3n) is 3.55. The lowest BCUT2D eigenvalue weighted by Gasteiger charge is -2.25. The number of rotatable bonds is 6. The van der Waals surface area contributed by atoms with Crippen molar-refractivity contribution in [3.63, 3.8) is 0 Å². The van der Waals surface area contributed by atoms with Crippen molar-refractivity contribution < 1.29 is 4.39 Å². The molecule has 1 aliphatic rings. The molecule has 0 atom stereocenters. The first kappa shape index (κ1) is 13.6. The molecule has 1 fully saturated rings. The molecular formula is C16H19FN2S. The van der Waals surface area contributed by atoms with Crippen LogP contribution in [0.25, 0.3) is 0 Å². The van der Waals surface area contributed by atoms with E-state index in [1.54, 1.807) is 23.5 Å². The first-order valence-corrected chi connectivity index (χ1v) is 7.87. The molecule has 0 radical (unpaired) electrons. The fourth-order valence-electron chi connectivity index (χ4n) is 2.49. The van der Waals surface area contributed by atoms with Gasteiger partial charge in [-0.15, -0.1) is 11.3 Å². The number of hydrogen-bond donors (Lipinski definition) is 1. The number of thiophene rings is 1. The van der Waals surface area contributed by atoms with E-state index in [-0.39, 0.29) is 5.82 Å². The molecule has 1 heterocycles. The van der Waals surface area contributed by atoms with E-state index in [0.717, 1.165) is 17.8 Å². The van der Waals surface area contributed by atoms with Crippen LogP contribution in [0.15, 0.2) is 35.7 Å². The lowest BCUT2D eigenvalue weighted by Crippen LogP contribution is -2.25. The second kappa shape index (κ2) is 5.94. The molecule has 3 rings (SSSR count). The molecule has 1 aliphatic carbocycles. The predicted octanol–water partition coefficient (Wildman–Crippen LogP) is 3.78. The highest BCUT2D eigenvalue weighted by Gasteiger charge is 2.29. The van der Waals surface area contributed by atoms with E-state index in [1.807, 2.05) is 7.05 Å². The average Bonchev–Trinajstić information content (AvgIpc) is 3.12. The van der Waals surface area contributed by atoms with Crippen LogP contribution in [0.5, 0.6) is 0 Å². The van der Waals surface area contributed by atoms with E-state index in [0.29, 0.717) is 12.6 Å². The SMILES string of the molecule is CNCc1cc(F)cc(N(Cc2cccs2)C2CC2)c1. The van der Waals surface area contributed by atoms with Crippen molar-refractivity contribution in [2.24, 2.45) is 0 Å². The van der Waals surface area contributed by atoms with Gasteiger partial charge in [-0.3, -0.25) is 0 Å². The topological polar surface area (TPSA) is 15.3 Å². The van der Waals surface area contributed by atoms with Crippen LogP contribution < -0.4 is 10.2 Å². The van der Waals surface area contributed by atoms with Gasteiger partial charge in [-0.05, 0) is 55.1 Å². The predicted molar refractivity (Wildman–Crippen MR) is 82.7 cm³/mol. The number of nitrogens with one attached hydrogen (secondary N) is 1. The summed E-state index contributed by atoms with van der Waals surface area (Å²) < 4.78 is 13.8. The van der Waals surface area contributed by atoms with Gasteiger partial charge < -0.3 is 10.2 Å². The molecule has 0 unspecified atom stereocenters. The van der Waals surface area contributed by atoms with Gasteiger partial charge in [0.15, 0.2) is 0 Å². The molecule has 1 aromatic heterocycles. The van der Waals surface area contributed by atoms with Crippen molar-refractivity contribution in [2.75, 3.05) is 11.9 Å². The summed E-state index contributed by atoms with van der Waals surface area (Å²) in [5.41, 5.74) is 2.01. The number of halogens is 1. The van der Waals surface area contributed by atoms with Crippen LogP contribution >= 0.6 is 11.3 Å². The standard InChI is InChI=1S/C16H19FN2S/c1-18-10-12-7-13(17)9-15(8-12)19(14-4-5-14)11-16-3-2-6-20-16/h2-3,6-9,14,18H,4-5,10-11H2,1H3. The third kappa shape index (κ3) is 3.19. The maximum Gasteiger partial charge on any atom is 0.125 e. The van der Waals surface area contributed by atoms with Gasteiger partial charge in [0, 0.05) is 23.2 Å². The van der Waals surface area contributed by atoms with Gasteiger partial charge >= 0.3 is 0 Å². The smallest absolute Gasteiger partial charge is 0.125 e. The van der Waals surface area contributed by atoms with Crippen molar-refractivity contribution in [3.8, 4) is 0 Å². The van der Waals surface area contributed by atoms with E-state index in [2.05, 4.69) is 33.8 Å². The quantitative estimate of drug-likeness (QED) is 0.871. The van der Waals surface area contributed by atoms with Crippen LogP contribution in [0, 0.1) is 5.82 Å². The van der Waals surface area contributed by atoms with Crippen LogP contribution in [0.2, 0.25) is 0 Å². The van der Waals surface area contributed by atoms with Crippen LogP contribution in [0.4, 0.5) is 10.1 Å². The first-order valence-electron chi connectivity index (χ1n) is 6.99. The van der Waals surface area contributed by atoms with Gasteiger partial charge in [0.05, 0.1) is 6.54 Å². The van der Waals surface area contributed by atoms with Crippen molar-refractivity contribution >= 4 is 17.0 Å². The molecule has 0 saturated heterocycles. The van der Waals surface area contributed by atoms with Gasteiger partial charge in [-0.1, -0.05) is 6.07 Å². The minimum Gasteiger partial charge on any atom is -0.363 e. The Kier molecular flexibility index (Phi) is 4.03. The Labute approximate surface area is 123 Å². The van der Waals surface area contributed by atoms with Crippen molar-refractivity contribution in [2.45, 2.75) is 32.0 Å². The van der Waals surface area contributed by atoms with Crippen molar-refractivity contribution in [3.05, 3.63) is 52.0 Å². The molecule has 4 heteroatoms. The molecule has 0 aliphatic heterocycles. The van der Waals surface area contributed by atoms with E-state index < -0.39 is 0 Å². The number of anilines is 1. The number of nitrogens with zero attached hydrogens (tertiary/aromatic N) is 1. The van der Waals surface area contributed by atoms with Crippen LogP contribution in [-0.2, 0) is 13.1 Å². The van der Waals surface area contributed by atoms with Crippen LogP contribution in [0.1, 0.15) is 23.3 Å². The molecule has 0 amide bonds. The van der Waals surface area contributed by atoms with Gasteiger partial charge in [-0.2, -0.15) is 0 Å². The fraction of sp³-hybridized carbons (Fsp3) is 0.375. The Morgan fingerprint density at radius 1 is 1.35 bits per heavy atom. The number of benzene rings is 1. The largest absolute Gasteiger partial charge is 0.363 e. The Bertz CT molecular complexity index is 564. The average molecular weight is 290 g/mol. The molecule has 1 saturated carbocycles. The minimum atomic E-state index is -0.149. The Morgan fingerprint density at radius 2 is 2.20 bits per heavy atom. The Balaban J connectivity index is 1.86. The van der Waals surface area contributed by atoms with Crippen LogP contribution in [-0.4, -0.2) is 13.1 Å². The maximum absolute atomic E-state index is 13.8. The molecule has 2 aromatic rings. The summed E-state index contributed by atoms with van der Waals surface area (Å²) in [6.45, 7) is 1.58. The zero-order valence-corrected chi connectivity index (χ0v) is 12.4. The second-order valence-corrected chi connectivity index (χ2v) is 6.32. The summed E-state index contributed by atoms with van der Waals surface area (Å²) in [4.78, 5) is 3.67. The van der Waals surface area contributed by atoms with E-state index in [9.17, 15) is 4.39 Å². The summed E-state index contributed by atoms with van der Waals surface area (Å²) in [6.07, 6.45) is 2.42. The summed E-state index contributed by atoms with van der Waals surface area (Å²) in [6, 6.07) is 10.2. The summed E-state index contributed by atoms with van der Waals surface area (Å²) in [7, 11) is 1.88. The highest BCUT2D eigenvalue weighted by atomic mass is 32.1. The Morgan fingerprint density at radius 3 is 2.85 bits per heavy atom. The van der Waals surface area contributed by atoms with Gasteiger partial charge in [0.2, 0.25) is 0 Å². The molecule has 0 spiro atoms. The lowest BCUT2D eigenvalue weighted by atomic mass is 10.1. The normalized spacial score (nSPS) is 14.5. The molecule has 1 aromatic carbocycles. The van der Waals surface area contributed by atoms with Crippen molar-refractivity contribution in [1.29, 1.82) is 0 Å². The van der Waals surface area contributed by atoms with Crippen LogP contribution in [0.3, 0.4) is 0 Å². The van der Waals surface area contributed by atoms with Gasteiger partial charge in [0.25, 0.3) is 0 Å². The molecular weight excluding hydrogens is 271 g/mol. The molecule has 106 valence electrons. The lowest BCUT2D eigenvalue weighted by molar-refractivity contribution is 0.622. The van der Waals surface area contributed by atoms with E-state index in [4.69, 9.17) is 0 Å². The van der Waals surface area contributed by atoms with E-state index in [1.165, 1.54) is 17.7 Å². The highest BCUT2D eigenvalue weighted by molar-refractivity contribution is 7.09. The zero-order chi connectivity index (χ0) is 13.9.